The summed E-state index contributed by atoms with van der Waals surface area (Å²) >= 11 is 0. The minimum Gasteiger partial charge on any atom is -0.382 e. The quantitative estimate of drug-likeness (QED) is 0.867. The van der Waals surface area contributed by atoms with Gasteiger partial charge in [0.15, 0.2) is 0 Å². The zero-order valence-electron chi connectivity index (χ0n) is 13.1. The number of hydrogen-bond acceptors (Lipinski definition) is 4. The number of halogens is 1. The molecule has 1 fully saturated rings. The van der Waals surface area contributed by atoms with Crippen molar-refractivity contribution in [2.45, 2.75) is 44.0 Å². The van der Waals surface area contributed by atoms with Crippen LogP contribution >= 0.6 is 0 Å². The van der Waals surface area contributed by atoms with Crippen LogP contribution in [-0.4, -0.2) is 39.0 Å². The number of nitrogens with zero attached hydrogens (tertiary/aromatic N) is 1. The van der Waals surface area contributed by atoms with E-state index in [9.17, 15) is 12.8 Å². The summed E-state index contributed by atoms with van der Waals surface area (Å²) in [7, 11) is -3.96. The van der Waals surface area contributed by atoms with E-state index in [1.807, 2.05) is 0 Å². The van der Waals surface area contributed by atoms with Crippen molar-refractivity contribution in [2.75, 3.05) is 25.0 Å². The van der Waals surface area contributed by atoms with Crippen molar-refractivity contribution in [1.82, 2.24) is 4.90 Å². The van der Waals surface area contributed by atoms with Crippen molar-refractivity contribution in [3.8, 4) is 0 Å². The van der Waals surface area contributed by atoms with Crippen LogP contribution in [0.3, 0.4) is 0 Å². The number of nitrogens with two attached hydrogens (primary N) is 1. The molecule has 1 aliphatic heterocycles. The summed E-state index contributed by atoms with van der Waals surface area (Å²) in [6, 6.07) is 2.86. The van der Waals surface area contributed by atoms with Crippen LogP contribution in [-0.2, 0) is 10.0 Å². The Morgan fingerprint density at radius 2 is 2.14 bits per heavy atom. The summed E-state index contributed by atoms with van der Waals surface area (Å²) < 4.78 is 36.9. The lowest BCUT2D eigenvalue weighted by molar-refractivity contribution is 0.164. The standard InChI is InChI=1S/C15H24FN3O2S/c1-3-19-7-5-4-6-12(19)10-18-14-8-11(2)13(16)9-15(14)22(17,20)21/h8-9,12,18H,3-7,10H2,1-2H3,(H2,17,20,21)/t12-/m1/s1. The molecule has 0 unspecified atom stereocenters. The number of anilines is 1. The van der Waals surface area contributed by atoms with Gasteiger partial charge in [-0.15, -0.1) is 0 Å². The predicted octanol–water partition coefficient (Wildman–Crippen LogP) is 2.07. The molecule has 0 saturated carbocycles. The van der Waals surface area contributed by atoms with Gasteiger partial charge >= 0.3 is 0 Å². The summed E-state index contributed by atoms with van der Waals surface area (Å²) in [5.74, 6) is -0.567. The predicted molar refractivity (Wildman–Crippen MR) is 85.9 cm³/mol. The number of aryl methyl sites for hydroxylation is 1. The Hall–Kier alpha value is -1.18. The molecule has 7 heteroatoms. The van der Waals surface area contributed by atoms with Crippen LogP contribution in [0.15, 0.2) is 17.0 Å². The summed E-state index contributed by atoms with van der Waals surface area (Å²) in [5.41, 5.74) is 0.772. The highest BCUT2D eigenvalue weighted by Crippen LogP contribution is 2.25. The van der Waals surface area contributed by atoms with E-state index < -0.39 is 15.8 Å². The molecule has 1 aromatic carbocycles. The maximum atomic E-state index is 13.6. The van der Waals surface area contributed by atoms with Gasteiger partial charge in [0.2, 0.25) is 10.0 Å². The first-order chi connectivity index (χ1) is 10.3. The van der Waals surface area contributed by atoms with Crippen molar-refractivity contribution >= 4 is 15.7 Å². The fourth-order valence-corrected chi connectivity index (χ4v) is 3.68. The van der Waals surface area contributed by atoms with E-state index in [0.29, 0.717) is 23.8 Å². The van der Waals surface area contributed by atoms with Crippen LogP contribution in [0, 0.1) is 12.7 Å². The molecule has 1 aliphatic rings. The van der Waals surface area contributed by atoms with Gasteiger partial charge in [0.25, 0.3) is 0 Å². The Labute approximate surface area is 131 Å². The summed E-state index contributed by atoms with van der Waals surface area (Å²) in [5, 5.41) is 8.35. The lowest BCUT2D eigenvalue weighted by Gasteiger charge is -2.35. The van der Waals surface area contributed by atoms with E-state index in [4.69, 9.17) is 5.14 Å². The first-order valence-corrected chi connectivity index (χ1v) is 9.18. The zero-order valence-corrected chi connectivity index (χ0v) is 13.9. The average Bonchev–Trinajstić information content (AvgIpc) is 2.47. The van der Waals surface area contributed by atoms with Crippen LogP contribution in [0.25, 0.3) is 0 Å². The molecular weight excluding hydrogens is 305 g/mol. The summed E-state index contributed by atoms with van der Waals surface area (Å²) in [6.45, 7) is 6.38. The van der Waals surface area contributed by atoms with Crippen LogP contribution in [0.5, 0.6) is 0 Å². The third-order valence-corrected chi connectivity index (χ3v) is 5.20. The SMILES string of the molecule is CCN1CCCC[C@@H]1CNc1cc(C)c(F)cc1S(N)(=O)=O. The fourth-order valence-electron chi connectivity index (χ4n) is 2.97. The molecule has 1 aromatic rings. The van der Waals surface area contributed by atoms with Gasteiger partial charge in [-0.25, -0.2) is 17.9 Å². The Balaban J connectivity index is 2.20. The van der Waals surface area contributed by atoms with Gasteiger partial charge in [-0.1, -0.05) is 13.3 Å². The average molecular weight is 329 g/mol. The van der Waals surface area contributed by atoms with E-state index in [1.54, 1.807) is 6.92 Å². The lowest BCUT2D eigenvalue weighted by Crippen LogP contribution is -2.43. The van der Waals surface area contributed by atoms with E-state index in [2.05, 4.69) is 17.1 Å². The third-order valence-electron chi connectivity index (χ3n) is 4.25. The summed E-state index contributed by atoms with van der Waals surface area (Å²) in [4.78, 5) is 2.19. The highest BCUT2D eigenvalue weighted by Gasteiger charge is 2.22. The minimum absolute atomic E-state index is 0.186. The molecule has 5 nitrogen and oxygen atoms in total. The molecule has 1 heterocycles. The molecule has 2 rings (SSSR count). The highest BCUT2D eigenvalue weighted by atomic mass is 32.2. The number of nitrogens with one attached hydrogen (secondary N) is 1. The molecule has 0 amide bonds. The number of likely N-dealkylation sites (tertiary alicyclic amines) is 1. The van der Waals surface area contributed by atoms with Gasteiger partial charge in [0.05, 0.1) is 5.69 Å². The molecule has 0 radical (unpaired) electrons. The first-order valence-electron chi connectivity index (χ1n) is 7.63. The van der Waals surface area contributed by atoms with E-state index >= 15 is 0 Å². The van der Waals surface area contributed by atoms with Crippen LogP contribution in [0.2, 0.25) is 0 Å². The molecule has 22 heavy (non-hydrogen) atoms. The number of primary sulfonamides is 1. The van der Waals surface area contributed by atoms with Crippen LogP contribution in [0.4, 0.5) is 10.1 Å². The van der Waals surface area contributed by atoms with Crippen molar-refractivity contribution < 1.29 is 12.8 Å². The maximum Gasteiger partial charge on any atom is 0.240 e. The van der Waals surface area contributed by atoms with Gasteiger partial charge in [-0.2, -0.15) is 0 Å². The number of benzene rings is 1. The molecule has 0 aromatic heterocycles. The molecule has 0 bridgehead atoms. The number of rotatable bonds is 5. The number of piperidine rings is 1. The first kappa shape index (κ1) is 17.2. The topological polar surface area (TPSA) is 75.4 Å². The monoisotopic (exact) mass is 329 g/mol. The Kier molecular flexibility index (Phi) is 5.41. The second-order valence-corrected chi connectivity index (χ2v) is 7.33. The van der Waals surface area contributed by atoms with E-state index in [-0.39, 0.29) is 4.90 Å². The fraction of sp³-hybridized carbons (Fsp3) is 0.600. The van der Waals surface area contributed by atoms with Crippen LogP contribution < -0.4 is 10.5 Å². The van der Waals surface area contributed by atoms with Crippen molar-refractivity contribution in [3.63, 3.8) is 0 Å². The smallest absolute Gasteiger partial charge is 0.240 e. The Bertz CT molecular complexity index is 634. The lowest BCUT2D eigenvalue weighted by atomic mass is 10.0. The Morgan fingerprint density at radius 3 is 2.77 bits per heavy atom. The largest absolute Gasteiger partial charge is 0.382 e. The zero-order chi connectivity index (χ0) is 16.3. The van der Waals surface area contributed by atoms with Crippen LogP contribution in [0.1, 0.15) is 31.7 Å². The van der Waals surface area contributed by atoms with E-state index in [1.165, 1.54) is 18.9 Å². The molecular formula is C15H24FN3O2S. The molecule has 124 valence electrons. The van der Waals surface area contributed by atoms with Gasteiger partial charge < -0.3 is 5.32 Å². The summed E-state index contributed by atoms with van der Waals surface area (Å²) in [6.07, 6.45) is 3.45. The molecule has 0 aliphatic carbocycles. The van der Waals surface area contributed by atoms with Crippen molar-refractivity contribution in [3.05, 3.63) is 23.5 Å². The molecule has 0 spiro atoms. The molecule has 1 saturated heterocycles. The normalized spacial score (nSPS) is 20.1. The molecule has 1 atom stereocenters. The van der Waals surface area contributed by atoms with Gasteiger partial charge in [0.1, 0.15) is 10.7 Å². The number of sulfonamides is 1. The van der Waals surface area contributed by atoms with Gasteiger partial charge in [-0.3, -0.25) is 4.90 Å². The number of hydrogen-bond donors (Lipinski definition) is 2. The maximum absolute atomic E-state index is 13.6. The second kappa shape index (κ2) is 6.93. The van der Waals surface area contributed by atoms with Gasteiger partial charge in [0, 0.05) is 12.6 Å². The van der Waals surface area contributed by atoms with Crippen molar-refractivity contribution in [2.24, 2.45) is 5.14 Å². The number of likely N-dealkylation sites (N-methyl/N-ethyl adjacent to an activating group) is 1. The van der Waals surface area contributed by atoms with Crippen molar-refractivity contribution in [1.29, 1.82) is 0 Å². The third kappa shape index (κ3) is 3.97. The van der Waals surface area contributed by atoms with Gasteiger partial charge in [-0.05, 0) is 50.6 Å². The highest BCUT2D eigenvalue weighted by molar-refractivity contribution is 7.89. The Morgan fingerprint density at radius 1 is 1.41 bits per heavy atom. The molecule has 3 N–H and O–H groups in total. The van der Waals surface area contributed by atoms with E-state index in [0.717, 1.165) is 25.6 Å². The minimum atomic E-state index is -3.96. The second-order valence-electron chi connectivity index (χ2n) is 5.80.